The van der Waals surface area contributed by atoms with E-state index < -0.39 is 5.91 Å². The topological polar surface area (TPSA) is 133 Å². The summed E-state index contributed by atoms with van der Waals surface area (Å²) in [5.74, 6) is -0.0663. The summed E-state index contributed by atoms with van der Waals surface area (Å²) in [6, 6.07) is 18.2. The highest BCUT2D eigenvalue weighted by Gasteiger charge is 2.13. The standard InChI is InChI=1S/C24H21ClN6O3/c25-19-13-17(4-5-18(19)24(33)31-34-11-10-32)21-7-8-22(30-26)23(29-21)28-14-15-3-6-20-16(12-15)2-1-9-27-20/h1-9,12-13,26,32H,10-11,14H2,(H,28,29)(H,31,33). The van der Waals surface area contributed by atoms with Crippen molar-refractivity contribution in [3.05, 3.63) is 83.0 Å². The molecule has 4 rings (SSSR count). The van der Waals surface area contributed by atoms with Crippen LogP contribution in [0.1, 0.15) is 15.9 Å². The average Bonchev–Trinajstić information content (AvgIpc) is 2.87. The lowest BCUT2D eigenvalue weighted by Gasteiger charge is -2.12. The normalized spacial score (nSPS) is 10.8. The third kappa shape index (κ3) is 5.34. The summed E-state index contributed by atoms with van der Waals surface area (Å²) in [7, 11) is 0. The van der Waals surface area contributed by atoms with E-state index in [0.29, 0.717) is 29.3 Å². The van der Waals surface area contributed by atoms with E-state index in [9.17, 15) is 4.79 Å². The number of anilines is 1. The molecular weight excluding hydrogens is 456 g/mol. The highest BCUT2D eigenvalue weighted by atomic mass is 35.5. The number of aliphatic hydroxyl groups excluding tert-OH is 1. The van der Waals surface area contributed by atoms with Crippen LogP contribution in [0.5, 0.6) is 0 Å². The number of carbonyl (C=O) groups is 1. The maximum Gasteiger partial charge on any atom is 0.276 e. The molecular formula is C24H21ClN6O3. The van der Waals surface area contributed by atoms with Crippen LogP contribution in [0.15, 0.2) is 72.0 Å². The lowest BCUT2D eigenvalue weighted by Crippen LogP contribution is -2.25. The lowest BCUT2D eigenvalue weighted by atomic mass is 10.1. The van der Waals surface area contributed by atoms with Gasteiger partial charge in [0, 0.05) is 23.7 Å². The molecule has 172 valence electrons. The van der Waals surface area contributed by atoms with Crippen LogP contribution in [0.4, 0.5) is 11.5 Å². The zero-order chi connectivity index (χ0) is 23.9. The molecule has 1 amide bonds. The van der Waals surface area contributed by atoms with Crippen molar-refractivity contribution in [1.29, 1.82) is 5.53 Å². The number of nitrogens with one attached hydrogen (secondary N) is 3. The summed E-state index contributed by atoms with van der Waals surface area (Å²) in [6.45, 7) is 0.246. The number of amides is 1. The maximum atomic E-state index is 12.2. The van der Waals surface area contributed by atoms with Crippen molar-refractivity contribution in [3.63, 3.8) is 0 Å². The highest BCUT2D eigenvalue weighted by Crippen LogP contribution is 2.30. The van der Waals surface area contributed by atoms with Gasteiger partial charge >= 0.3 is 0 Å². The summed E-state index contributed by atoms with van der Waals surface area (Å²) in [5, 5.41) is 16.8. The minimum Gasteiger partial charge on any atom is -0.394 e. The second-order valence-electron chi connectivity index (χ2n) is 7.26. The Morgan fingerprint density at radius 1 is 1.15 bits per heavy atom. The number of hydroxylamine groups is 1. The molecule has 2 aromatic carbocycles. The van der Waals surface area contributed by atoms with Crippen LogP contribution < -0.4 is 10.8 Å². The van der Waals surface area contributed by atoms with E-state index >= 15 is 0 Å². The molecule has 34 heavy (non-hydrogen) atoms. The molecule has 4 aromatic rings. The number of halogens is 1. The van der Waals surface area contributed by atoms with Gasteiger partial charge in [-0.2, -0.15) is 5.11 Å². The summed E-state index contributed by atoms with van der Waals surface area (Å²) in [6.07, 6.45) is 1.76. The van der Waals surface area contributed by atoms with Gasteiger partial charge in [-0.05, 0) is 48.0 Å². The number of rotatable bonds is 9. The third-order valence-corrected chi connectivity index (χ3v) is 5.30. The number of hydrogen-bond donors (Lipinski definition) is 4. The molecule has 2 heterocycles. The van der Waals surface area contributed by atoms with Crippen LogP contribution in [0.2, 0.25) is 5.02 Å². The summed E-state index contributed by atoms with van der Waals surface area (Å²) in [4.78, 5) is 25.9. The van der Waals surface area contributed by atoms with Crippen molar-refractivity contribution in [2.45, 2.75) is 6.54 Å². The van der Waals surface area contributed by atoms with Gasteiger partial charge in [0.2, 0.25) is 0 Å². The Labute approximate surface area is 200 Å². The van der Waals surface area contributed by atoms with Gasteiger partial charge in [-0.25, -0.2) is 16.0 Å². The van der Waals surface area contributed by atoms with Gasteiger partial charge in [-0.3, -0.25) is 14.6 Å². The van der Waals surface area contributed by atoms with Gasteiger partial charge in [0.1, 0.15) is 5.69 Å². The smallest absolute Gasteiger partial charge is 0.276 e. The number of fused-ring (bicyclic) bond motifs is 1. The molecule has 0 fully saturated rings. The minimum absolute atomic E-state index is 0.0232. The number of aliphatic hydroxyl groups is 1. The maximum absolute atomic E-state index is 12.2. The van der Waals surface area contributed by atoms with E-state index in [1.54, 1.807) is 36.5 Å². The van der Waals surface area contributed by atoms with E-state index in [2.05, 4.69) is 25.9 Å². The van der Waals surface area contributed by atoms with Crippen LogP contribution >= 0.6 is 11.6 Å². The monoisotopic (exact) mass is 476 g/mol. The van der Waals surface area contributed by atoms with Crippen molar-refractivity contribution in [1.82, 2.24) is 15.4 Å². The van der Waals surface area contributed by atoms with Gasteiger partial charge in [-0.1, -0.05) is 29.8 Å². The van der Waals surface area contributed by atoms with Gasteiger partial charge in [0.25, 0.3) is 5.91 Å². The Morgan fingerprint density at radius 2 is 2.03 bits per heavy atom. The van der Waals surface area contributed by atoms with E-state index in [1.807, 2.05) is 30.3 Å². The van der Waals surface area contributed by atoms with E-state index in [0.717, 1.165) is 16.5 Å². The SMILES string of the molecule is N=Nc1ccc(-c2ccc(C(=O)NOCCO)c(Cl)c2)nc1NCc1ccc2ncccc2c1. The predicted octanol–water partition coefficient (Wildman–Crippen LogP) is 4.88. The van der Waals surface area contributed by atoms with E-state index in [4.69, 9.17) is 27.1 Å². The first-order chi connectivity index (χ1) is 16.6. The summed E-state index contributed by atoms with van der Waals surface area (Å²) >= 11 is 6.31. The number of nitrogens with zero attached hydrogens (tertiary/aromatic N) is 3. The minimum atomic E-state index is -0.519. The molecule has 0 saturated carbocycles. The Hall–Kier alpha value is -3.92. The van der Waals surface area contributed by atoms with Crippen LogP contribution in [0.3, 0.4) is 0 Å². The quantitative estimate of drug-likeness (QED) is 0.154. The molecule has 0 aliphatic heterocycles. The second kappa shape index (κ2) is 10.8. The van der Waals surface area contributed by atoms with Crippen LogP contribution in [0, 0.1) is 5.53 Å². The molecule has 0 atom stereocenters. The Kier molecular flexibility index (Phi) is 7.38. The zero-order valence-corrected chi connectivity index (χ0v) is 18.7. The summed E-state index contributed by atoms with van der Waals surface area (Å²) < 4.78 is 0. The molecule has 0 aliphatic carbocycles. The van der Waals surface area contributed by atoms with Gasteiger partial charge in [0.05, 0.1) is 35.0 Å². The molecule has 0 aliphatic rings. The number of hydrogen-bond acceptors (Lipinski definition) is 8. The average molecular weight is 477 g/mol. The number of pyridine rings is 2. The van der Waals surface area contributed by atoms with Crippen molar-refractivity contribution >= 4 is 39.9 Å². The molecule has 0 radical (unpaired) electrons. The van der Waals surface area contributed by atoms with Crippen molar-refractivity contribution in [2.24, 2.45) is 5.11 Å². The molecule has 0 bridgehead atoms. The third-order valence-electron chi connectivity index (χ3n) is 4.99. The van der Waals surface area contributed by atoms with E-state index in [-0.39, 0.29) is 23.8 Å². The van der Waals surface area contributed by atoms with Crippen molar-refractivity contribution in [2.75, 3.05) is 18.5 Å². The van der Waals surface area contributed by atoms with Crippen LogP contribution in [-0.4, -0.2) is 34.2 Å². The van der Waals surface area contributed by atoms with Crippen molar-refractivity contribution in [3.8, 4) is 11.3 Å². The first kappa shape index (κ1) is 23.2. The van der Waals surface area contributed by atoms with E-state index in [1.165, 1.54) is 0 Å². The Bertz CT molecular complexity index is 1350. The van der Waals surface area contributed by atoms with Crippen molar-refractivity contribution < 1.29 is 14.7 Å². The van der Waals surface area contributed by atoms with Crippen LogP contribution in [-0.2, 0) is 11.4 Å². The zero-order valence-electron chi connectivity index (χ0n) is 18.0. The molecule has 2 aromatic heterocycles. The first-order valence-electron chi connectivity index (χ1n) is 10.4. The number of benzene rings is 2. The number of aromatic nitrogens is 2. The molecule has 0 unspecified atom stereocenters. The van der Waals surface area contributed by atoms with Gasteiger partial charge < -0.3 is 10.4 Å². The first-order valence-corrected chi connectivity index (χ1v) is 10.8. The van der Waals surface area contributed by atoms with Gasteiger partial charge in [0.15, 0.2) is 5.82 Å². The molecule has 4 N–H and O–H groups in total. The number of carbonyl (C=O) groups excluding carboxylic acids is 1. The van der Waals surface area contributed by atoms with Crippen LogP contribution in [0.25, 0.3) is 22.2 Å². The molecule has 0 saturated heterocycles. The fourth-order valence-corrected chi connectivity index (χ4v) is 3.60. The molecule has 9 nitrogen and oxygen atoms in total. The Morgan fingerprint density at radius 3 is 2.82 bits per heavy atom. The predicted molar refractivity (Wildman–Crippen MR) is 129 cm³/mol. The summed E-state index contributed by atoms with van der Waals surface area (Å²) in [5.41, 5.74) is 13.6. The largest absolute Gasteiger partial charge is 0.394 e. The molecule has 10 heteroatoms. The second-order valence-corrected chi connectivity index (χ2v) is 7.67. The molecule has 0 spiro atoms. The Balaban J connectivity index is 1.54. The lowest BCUT2D eigenvalue weighted by molar-refractivity contribution is 0.0168. The fraction of sp³-hybridized carbons (Fsp3) is 0.125. The fourth-order valence-electron chi connectivity index (χ4n) is 3.33. The van der Waals surface area contributed by atoms with Gasteiger partial charge in [-0.15, -0.1) is 0 Å². The highest BCUT2D eigenvalue weighted by molar-refractivity contribution is 6.34.